The van der Waals surface area contributed by atoms with E-state index in [1.165, 1.54) is 18.3 Å². The van der Waals surface area contributed by atoms with Crippen LogP contribution in [0.5, 0.6) is 0 Å². The van der Waals surface area contributed by atoms with E-state index in [-0.39, 0.29) is 0 Å². The Labute approximate surface area is 181 Å². The van der Waals surface area contributed by atoms with Gasteiger partial charge in [0, 0.05) is 21.2 Å². The van der Waals surface area contributed by atoms with Gasteiger partial charge >= 0.3 is 6.18 Å². The van der Waals surface area contributed by atoms with Gasteiger partial charge in [0.15, 0.2) is 0 Å². The van der Waals surface area contributed by atoms with Crippen molar-refractivity contribution >= 4 is 35.5 Å². The lowest BCUT2D eigenvalue weighted by Gasteiger charge is -2.06. The summed E-state index contributed by atoms with van der Waals surface area (Å²) in [5.41, 5.74) is 3.56. The van der Waals surface area contributed by atoms with E-state index in [0.717, 1.165) is 28.3 Å². The Hall–Kier alpha value is -2.77. The first-order valence-corrected chi connectivity index (χ1v) is 10.2. The molecular formula is C22H16ClF3N2OS. The Balaban J connectivity index is 1.51. The molecule has 0 aromatic heterocycles. The molecule has 0 spiro atoms. The lowest BCUT2D eigenvalue weighted by Crippen LogP contribution is -2.17. The fourth-order valence-electron chi connectivity index (χ4n) is 2.44. The summed E-state index contributed by atoms with van der Waals surface area (Å²) >= 11 is 7.53. The summed E-state index contributed by atoms with van der Waals surface area (Å²) in [5.74, 6) is 0.338. The van der Waals surface area contributed by atoms with E-state index in [2.05, 4.69) is 10.5 Å². The number of hydrogen-bond donors (Lipinski definition) is 1. The molecule has 0 aliphatic heterocycles. The fourth-order valence-corrected chi connectivity index (χ4v) is 3.42. The number of hydrazone groups is 1. The standard InChI is InChI=1S/C22H16ClF3N2OS/c23-19-9-11-20(12-10-19)30-14-16-1-5-17(6-2-16)21(29)28-27-13-15-3-7-18(8-4-15)22(24,25)26/h1-13H,14H2,(H,28,29). The molecule has 1 N–H and O–H groups in total. The molecule has 0 saturated carbocycles. The highest BCUT2D eigenvalue weighted by Crippen LogP contribution is 2.29. The minimum absolute atomic E-state index is 0.407. The van der Waals surface area contributed by atoms with E-state index < -0.39 is 17.6 Å². The lowest BCUT2D eigenvalue weighted by atomic mass is 10.1. The zero-order valence-electron chi connectivity index (χ0n) is 15.5. The second-order valence-corrected chi connectivity index (χ2v) is 7.74. The van der Waals surface area contributed by atoms with Crippen LogP contribution in [0.15, 0.2) is 82.8 Å². The molecule has 154 valence electrons. The smallest absolute Gasteiger partial charge is 0.267 e. The van der Waals surface area contributed by atoms with E-state index in [4.69, 9.17) is 11.6 Å². The molecule has 0 heterocycles. The van der Waals surface area contributed by atoms with E-state index in [1.54, 1.807) is 23.9 Å². The van der Waals surface area contributed by atoms with Crippen LogP contribution in [-0.2, 0) is 11.9 Å². The second kappa shape index (κ2) is 9.82. The van der Waals surface area contributed by atoms with E-state index in [1.807, 2.05) is 36.4 Å². The minimum Gasteiger partial charge on any atom is -0.267 e. The number of hydrogen-bond acceptors (Lipinski definition) is 3. The molecule has 1 amide bonds. The van der Waals surface area contributed by atoms with Gasteiger partial charge in [-0.1, -0.05) is 35.9 Å². The normalized spacial score (nSPS) is 11.6. The summed E-state index contributed by atoms with van der Waals surface area (Å²) in [4.78, 5) is 13.2. The predicted octanol–water partition coefficient (Wildman–Crippen LogP) is 6.42. The van der Waals surface area contributed by atoms with Crippen molar-refractivity contribution in [1.29, 1.82) is 0 Å². The maximum atomic E-state index is 12.5. The molecule has 0 atom stereocenters. The molecule has 0 unspecified atom stereocenters. The molecule has 0 aliphatic carbocycles. The Morgan fingerprint density at radius 2 is 1.60 bits per heavy atom. The highest BCUT2D eigenvalue weighted by molar-refractivity contribution is 7.98. The van der Waals surface area contributed by atoms with Crippen molar-refractivity contribution in [2.75, 3.05) is 0 Å². The number of carbonyl (C=O) groups is 1. The zero-order valence-corrected chi connectivity index (χ0v) is 17.1. The summed E-state index contributed by atoms with van der Waals surface area (Å²) < 4.78 is 37.6. The van der Waals surface area contributed by atoms with Crippen LogP contribution < -0.4 is 5.43 Å². The van der Waals surface area contributed by atoms with Crippen molar-refractivity contribution < 1.29 is 18.0 Å². The molecule has 3 nitrogen and oxygen atoms in total. The highest BCUT2D eigenvalue weighted by atomic mass is 35.5. The Kier molecular flexibility index (Phi) is 7.18. The van der Waals surface area contributed by atoms with Crippen molar-refractivity contribution in [1.82, 2.24) is 5.43 Å². The lowest BCUT2D eigenvalue weighted by molar-refractivity contribution is -0.137. The molecule has 30 heavy (non-hydrogen) atoms. The number of alkyl halides is 3. The van der Waals surface area contributed by atoms with Crippen molar-refractivity contribution in [3.63, 3.8) is 0 Å². The number of nitrogens with zero attached hydrogens (tertiary/aromatic N) is 1. The van der Waals surface area contributed by atoms with Crippen molar-refractivity contribution in [3.05, 3.63) is 100 Å². The average molecular weight is 449 g/mol. The first kappa shape index (κ1) is 21.9. The fraction of sp³-hybridized carbons (Fsp3) is 0.0909. The molecule has 8 heteroatoms. The van der Waals surface area contributed by atoms with Gasteiger partial charge in [0.25, 0.3) is 5.91 Å². The van der Waals surface area contributed by atoms with Gasteiger partial charge in [-0.2, -0.15) is 18.3 Å². The topological polar surface area (TPSA) is 41.5 Å². The van der Waals surface area contributed by atoms with Crippen molar-refractivity contribution in [2.24, 2.45) is 5.10 Å². The maximum absolute atomic E-state index is 12.5. The SMILES string of the molecule is O=C(NN=Cc1ccc(C(F)(F)F)cc1)c1ccc(CSc2ccc(Cl)cc2)cc1. The van der Waals surface area contributed by atoms with Gasteiger partial charge in [0.05, 0.1) is 11.8 Å². The Bertz CT molecular complexity index is 1020. The second-order valence-electron chi connectivity index (χ2n) is 6.26. The van der Waals surface area contributed by atoms with Crippen LogP contribution >= 0.6 is 23.4 Å². The number of benzene rings is 3. The third-order valence-corrected chi connectivity index (χ3v) is 5.39. The molecule has 0 radical (unpaired) electrons. The summed E-state index contributed by atoms with van der Waals surface area (Å²) in [6, 6.07) is 19.2. The third kappa shape index (κ3) is 6.37. The number of thioether (sulfide) groups is 1. The van der Waals surface area contributed by atoms with Crippen LogP contribution in [0.4, 0.5) is 13.2 Å². The van der Waals surface area contributed by atoms with Crippen LogP contribution in [0, 0.1) is 0 Å². The van der Waals surface area contributed by atoms with Gasteiger partial charge in [-0.25, -0.2) is 5.43 Å². The molecule has 0 aliphatic rings. The summed E-state index contributed by atoms with van der Waals surface area (Å²) in [7, 11) is 0. The zero-order chi connectivity index (χ0) is 21.6. The van der Waals surface area contributed by atoms with Crippen LogP contribution in [0.2, 0.25) is 5.02 Å². The molecule has 3 aromatic rings. The summed E-state index contributed by atoms with van der Waals surface area (Å²) in [6.45, 7) is 0. The molecular weight excluding hydrogens is 433 g/mol. The van der Waals surface area contributed by atoms with Crippen LogP contribution in [0.25, 0.3) is 0 Å². The Morgan fingerprint density at radius 1 is 0.967 bits per heavy atom. The van der Waals surface area contributed by atoms with Crippen molar-refractivity contribution in [2.45, 2.75) is 16.8 Å². The highest BCUT2D eigenvalue weighted by Gasteiger charge is 2.29. The monoisotopic (exact) mass is 448 g/mol. The number of rotatable bonds is 6. The van der Waals surface area contributed by atoms with Gasteiger partial charge in [0.2, 0.25) is 0 Å². The van der Waals surface area contributed by atoms with E-state index in [9.17, 15) is 18.0 Å². The number of carbonyl (C=O) groups excluding carboxylic acids is 1. The van der Waals surface area contributed by atoms with Gasteiger partial charge in [0.1, 0.15) is 0 Å². The first-order valence-electron chi connectivity index (χ1n) is 8.79. The third-order valence-electron chi connectivity index (χ3n) is 4.05. The molecule has 0 bridgehead atoms. The minimum atomic E-state index is -4.39. The first-order chi connectivity index (χ1) is 14.3. The van der Waals surface area contributed by atoms with E-state index in [0.29, 0.717) is 16.1 Å². The Morgan fingerprint density at radius 3 is 2.20 bits per heavy atom. The van der Waals surface area contributed by atoms with Crippen LogP contribution in [0.1, 0.15) is 27.0 Å². The summed E-state index contributed by atoms with van der Waals surface area (Å²) in [6.07, 6.45) is -3.10. The number of halogens is 4. The van der Waals surface area contributed by atoms with Crippen molar-refractivity contribution in [3.8, 4) is 0 Å². The molecule has 3 aromatic carbocycles. The molecule has 0 saturated heterocycles. The maximum Gasteiger partial charge on any atom is 0.416 e. The average Bonchev–Trinajstić information content (AvgIpc) is 2.73. The van der Waals surface area contributed by atoms with E-state index >= 15 is 0 Å². The van der Waals surface area contributed by atoms with Gasteiger partial charge < -0.3 is 0 Å². The predicted molar refractivity (Wildman–Crippen MR) is 114 cm³/mol. The number of amides is 1. The number of nitrogens with one attached hydrogen (secondary N) is 1. The van der Waals surface area contributed by atoms with Gasteiger partial charge in [-0.15, -0.1) is 11.8 Å². The molecule has 3 rings (SSSR count). The molecule has 0 fully saturated rings. The van der Waals surface area contributed by atoms with Gasteiger partial charge in [-0.05, 0) is 59.7 Å². The van der Waals surface area contributed by atoms with Crippen LogP contribution in [0.3, 0.4) is 0 Å². The largest absolute Gasteiger partial charge is 0.416 e. The van der Waals surface area contributed by atoms with Crippen LogP contribution in [-0.4, -0.2) is 12.1 Å². The summed E-state index contributed by atoms with van der Waals surface area (Å²) in [5, 5.41) is 4.49. The van der Waals surface area contributed by atoms with Gasteiger partial charge in [-0.3, -0.25) is 4.79 Å². The quantitative estimate of drug-likeness (QED) is 0.269.